The average Bonchev–Trinajstić information content (AvgIpc) is 2.77. The van der Waals surface area contributed by atoms with Crippen LogP contribution in [0.15, 0.2) is 34.9 Å². The summed E-state index contributed by atoms with van der Waals surface area (Å²) in [7, 11) is 0. The molecule has 1 aliphatic rings. The van der Waals surface area contributed by atoms with Crippen LogP contribution in [0.1, 0.15) is 5.69 Å². The van der Waals surface area contributed by atoms with Crippen molar-refractivity contribution >= 4 is 0 Å². The third kappa shape index (κ3) is 2.27. The second-order valence-corrected chi connectivity index (χ2v) is 4.61. The van der Waals surface area contributed by atoms with E-state index in [0.29, 0.717) is 5.89 Å². The van der Waals surface area contributed by atoms with Crippen molar-refractivity contribution < 1.29 is 8.81 Å². The van der Waals surface area contributed by atoms with Crippen molar-refractivity contribution in [3.05, 3.63) is 42.0 Å². The molecule has 0 atom stereocenters. The van der Waals surface area contributed by atoms with E-state index in [9.17, 15) is 4.39 Å². The van der Waals surface area contributed by atoms with Gasteiger partial charge in [-0.25, -0.2) is 9.37 Å². The number of benzene rings is 1. The predicted octanol–water partition coefficient (Wildman–Crippen LogP) is 1.62. The minimum Gasteiger partial charge on any atom is -0.444 e. The third-order valence-electron chi connectivity index (χ3n) is 3.01. The molecule has 1 aromatic heterocycles. The van der Waals surface area contributed by atoms with Gasteiger partial charge >= 0.3 is 0 Å². The van der Waals surface area contributed by atoms with Crippen LogP contribution in [0.4, 0.5) is 4.39 Å². The Balaban J connectivity index is 1.71. The van der Waals surface area contributed by atoms with Gasteiger partial charge in [0.05, 0.1) is 5.69 Å². The summed E-state index contributed by atoms with van der Waals surface area (Å²) in [4.78, 5) is 6.59. The number of hydrogen-bond donors (Lipinski definition) is 1. The van der Waals surface area contributed by atoms with E-state index in [1.807, 2.05) is 0 Å². The molecule has 1 aliphatic heterocycles. The molecule has 94 valence electrons. The zero-order valence-electron chi connectivity index (χ0n) is 9.84. The number of nitrogens with zero attached hydrogens (tertiary/aromatic N) is 2. The molecule has 0 saturated carbocycles. The molecule has 2 heterocycles. The fraction of sp³-hybridized carbons (Fsp3) is 0.308. The van der Waals surface area contributed by atoms with Crippen LogP contribution in [0.2, 0.25) is 0 Å². The number of nitrogens with two attached hydrogens (primary N) is 1. The van der Waals surface area contributed by atoms with Crippen molar-refractivity contribution in [3.8, 4) is 11.5 Å². The summed E-state index contributed by atoms with van der Waals surface area (Å²) < 4.78 is 18.2. The van der Waals surface area contributed by atoms with E-state index in [1.54, 1.807) is 18.4 Å². The Kier molecular flexibility index (Phi) is 2.85. The Morgan fingerprint density at radius 2 is 2.06 bits per heavy atom. The van der Waals surface area contributed by atoms with E-state index >= 15 is 0 Å². The van der Waals surface area contributed by atoms with Crippen LogP contribution in [-0.4, -0.2) is 29.0 Å². The summed E-state index contributed by atoms with van der Waals surface area (Å²) in [5.41, 5.74) is 7.37. The van der Waals surface area contributed by atoms with Crippen molar-refractivity contribution in [2.45, 2.75) is 12.6 Å². The van der Waals surface area contributed by atoms with Crippen LogP contribution in [0.25, 0.3) is 11.5 Å². The summed E-state index contributed by atoms with van der Waals surface area (Å²) in [6.45, 7) is 2.55. The van der Waals surface area contributed by atoms with Crippen molar-refractivity contribution in [2.75, 3.05) is 13.1 Å². The monoisotopic (exact) mass is 247 g/mol. The van der Waals surface area contributed by atoms with E-state index in [4.69, 9.17) is 10.2 Å². The molecule has 18 heavy (non-hydrogen) atoms. The second kappa shape index (κ2) is 4.51. The van der Waals surface area contributed by atoms with Crippen LogP contribution < -0.4 is 5.73 Å². The Labute approximate surface area is 104 Å². The quantitative estimate of drug-likeness (QED) is 0.895. The molecule has 5 heteroatoms. The molecular formula is C13H14FN3O. The van der Waals surface area contributed by atoms with Gasteiger partial charge < -0.3 is 10.2 Å². The number of hydrogen-bond acceptors (Lipinski definition) is 4. The maximum absolute atomic E-state index is 12.8. The topological polar surface area (TPSA) is 55.3 Å². The van der Waals surface area contributed by atoms with Crippen molar-refractivity contribution in [1.29, 1.82) is 0 Å². The van der Waals surface area contributed by atoms with Gasteiger partial charge in [-0.15, -0.1) is 0 Å². The Bertz CT molecular complexity index is 531. The molecule has 1 fully saturated rings. The minimum atomic E-state index is -0.264. The highest BCUT2D eigenvalue weighted by Crippen LogP contribution is 2.20. The minimum absolute atomic E-state index is 0.264. The van der Waals surface area contributed by atoms with E-state index < -0.39 is 0 Å². The van der Waals surface area contributed by atoms with Gasteiger partial charge in [-0.3, -0.25) is 4.90 Å². The zero-order chi connectivity index (χ0) is 12.5. The number of oxazole rings is 1. The van der Waals surface area contributed by atoms with E-state index in [2.05, 4.69) is 9.88 Å². The number of halogens is 1. The molecule has 0 aliphatic carbocycles. The summed E-state index contributed by atoms with van der Waals surface area (Å²) >= 11 is 0. The number of rotatable bonds is 3. The van der Waals surface area contributed by atoms with E-state index in [1.165, 1.54) is 12.1 Å². The molecule has 0 radical (unpaired) electrons. The predicted molar refractivity (Wildman–Crippen MR) is 65.1 cm³/mol. The molecule has 2 N–H and O–H groups in total. The van der Waals surface area contributed by atoms with Gasteiger partial charge in [0.2, 0.25) is 5.89 Å². The number of likely N-dealkylation sites (tertiary alicyclic amines) is 1. The van der Waals surface area contributed by atoms with Gasteiger partial charge in [0.15, 0.2) is 0 Å². The first-order chi connectivity index (χ1) is 8.70. The van der Waals surface area contributed by atoms with Crippen molar-refractivity contribution in [3.63, 3.8) is 0 Å². The highest BCUT2D eigenvalue weighted by molar-refractivity contribution is 5.52. The molecule has 0 amide bonds. The normalized spacial score (nSPS) is 16.8. The molecular weight excluding hydrogens is 233 g/mol. The van der Waals surface area contributed by atoms with Gasteiger partial charge in [-0.2, -0.15) is 0 Å². The molecule has 0 spiro atoms. The van der Waals surface area contributed by atoms with E-state index in [-0.39, 0.29) is 11.9 Å². The van der Waals surface area contributed by atoms with Crippen LogP contribution in [0.5, 0.6) is 0 Å². The summed E-state index contributed by atoms with van der Waals surface area (Å²) in [5, 5.41) is 0. The van der Waals surface area contributed by atoms with Crippen LogP contribution in [0, 0.1) is 5.82 Å². The second-order valence-electron chi connectivity index (χ2n) is 4.61. The Hall–Kier alpha value is -1.72. The first-order valence-electron chi connectivity index (χ1n) is 5.89. The standard InChI is InChI=1S/C13H14FN3O/c14-10-3-1-9(2-4-10)13-16-12(8-18-13)7-17-5-11(15)6-17/h1-4,8,11H,5-7,15H2. The van der Waals surface area contributed by atoms with Crippen molar-refractivity contribution in [1.82, 2.24) is 9.88 Å². The SMILES string of the molecule is NC1CN(Cc2coc(-c3ccc(F)cc3)n2)C1. The van der Waals surface area contributed by atoms with Gasteiger partial charge in [0.25, 0.3) is 0 Å². The average molecular weight is 247 g/mol. The summed E-state index contributed by atoms with van der Waals surface area (Å²) in [5.74, 6) is 0.259. The lowest BCUT2D eigenvalue weighted by Gasteiger charge is -2.36. The molecule has 2 aromatic rings. The Morgan fingerprint density at radius 3 is 2.72 bits per heavy atom. The maximum Gasteiger partial charge on any atom is 0.226 e. The smallest absolute Gasteiger partial charge is 0.226 e. The summed E-state index contributed by atoms with van der Waals surface area (Å²) in [6.07, 6.45) is 1.64. The molecule has 4 nitrogen and oxygen atoms in total. The van der Waals surface area contributed by atoms with Gasteiger partial charge in [0, 0.05) is 31.2 Å². The van der Waals surface area contributed by atoms with Crippen LogP contribution in [-0.2, 0) is 6.54 Å². The fourth-order valence-electron chi connectivity index (χ4n) is 2.07. The molecule has 1 aromatic carbocycles. The van der Waals surface area contributed by atoms with Gasteiger partial charge in [-0.05, 0) is 24.3 Å². The van der Waals surface area contributed by atoms with Crippen LogP contribution >= 0.6 is 0 Å². The maximum atomic E-state index is 12.8. The number of aromatic nitrogens is 1. The fourth-order valence-corrected chi connectivity index (χ4v) is 2.07. The molecule has 0 bridgehead atoms. The van der Waals surface area contributed by atoms with E-state index in [0.717, 1.165) is 30.9 Å². The molecule has 3 rings (SSSR count). The van der Waals surface area contributed by atoms with Gasteiger partial charge in [-0.1, -0.05) is 0 Å². The largest absolute Gasteiger partial charge is 0.444 e. The van der Waals surface area contributed by atoms with Gasteiger partial charge in [0.1, 0.15) is 12.1 Å². The molecule has 1 saturated heterocycles. The first kappa shape index (κ1) is 11.4. The highest BCUT2D eigenvalue weighted by atomic mass is 19.1. The summed E-state index contributed by atoms with van der Waals surface area (Å²) in [6, 6.07) is 6.39. The van der Waals surface area contributed by atoms with Crippen molar-refractivity contribution in [2.24, 2.45) is 5.73 Å². The zero-order valence-corrected chi connectivity index (χ0v) is 9.84. The lowest BCUT2D eigenvalue weighted by atomic mass is 10.1. The lowest BCUT2D eigenvalue weighted by Crippen LogP contribution is -2.54. The molecule has 0 unspecified atom stereocenters. The lowest BCUT2D eigenvalue weighted by molar-refractivity contribution is 0.140. The third-order valence-corrected chi connectivity index (χ3v) is 3.01. The first-order valence-corrected chi connectivity index (χ1v) is 5.89. The Morgan fingerprint density at radius 1 is 1.33 bits per heavy atom. The highest BCUT2D eigenvalue weighted by Gasteiger charge is 2.23. The van der Waals surface area contributed by atoms with Crippen LogP contribution in [0.3, 0.4) is 0 Å².